The van der Waals surface area contributed by atoms with Gasteiger partial charge in [-0.1, -0.05) is 29.8 Å². The summed E-state index contributed by atoms with van der Waals surface area (Å²) >= 11 is 0. The van der Waals surface area contributed by atoms with Gasteiger partial charge in [0.25, 0.3) is 0 Å². The highest BCUT2D eigenvalue weighted by atomic mass is 14.8. The smallest absolute Gasteiger partial charge is 0.0458 e. The number of hydrogen-bond acceptors (Lipinski definition) is 0. The Hall–Kier alpha value is -2.02. The van der Waals surface area contributed by atoms with Gasteiger partial charge in [0.15, 0.2) is 0 Å². The summed E-state index contributed by atoms with van der Waals surface area (Å²) in [4.78, 5) is 0. The zero-order valence-electron chi connectivity index (χ0n) is 10.1. The van der Waals surface area contributed by atoms with Crippen LogP contribution in [-0.2, 0) is 0 Å². The Labute approximate surface area is 101 Å². The summed E-state index contributed by atoms with van der Waals surface area (Å²) < 4.78 is 2.17. The molecule has 0 saturated heterocycles. The van der Waals surface area contributed by atoms with Gasteiger partial charge in [-0.3, -0.25) is 0 Å². The number of hydrogen-bond donors (Lipinski definition) is 0. The van der Waals surface area contributed by atoms with Gasteiger partial charge < -0.3 is 4.40 Å². The molecule has 0 amide bonds. The Kier molecular flexibility index (Phi) is 2.25. The summed E-state index contributed by atoms with van der Waals surface area (Å²) in [6, 6.07) is 15.2. The fraction of sp³-hybridized carbons (Fsp3) is 0.125. The molecule has 0 fully saturated rings. The van der Waals surface area contributed by atoms with Crippen molar-refractivity contribution < 1.29 is 0 Å². The second-order valence-corrected chi connectivity index (χ2v) is 4.63. The molecule has 0 aliphatic heterocycles. The van der Waals surface area contributed by atoms with E-state index in [1.165, 1.54) is 27.8 Å². The molecule has 3 aromatic rings. The number of nitrogens with zero attached hydrogens (tertiary/aromatic N) is 1. The average Bonchev–Trinajstić information content (AvgIpc) is 2.72. The van der Waals surface area contributed by atoms with E-state index < -0.39 is 0 Å². The Bertz CT molecular complexity index is 660. The molecule has 84 valence electrons. The molecule has 0 aliphatic carbocycles. The largest absolute Gasteiger partial charge is 0.323 e. The predicted molar refractivity (Wildman–Crippen MR) is 72.3 cm³/mol. The molecule has 0 spiro atoms. The number of fused-ring (bicyclic) bond motifs is 1. The first-order valence-corrected chi connectivity index (χ1v) is 5.88. The lowest BCUT2D eigenvalue weighted by Crippen LogP contribution is -1.80. The molecule has 0 aliphatic rings. The molecule has 1 nitrogen and oxygen atoms in total. The van der Waals surface area contributed by atoms with E-state index in [0.717, 1.165) is 0 Å². The van der Waals surface area contributed by atoms with Gasteiger partial charge >= 0.3 is 0 Å². The lowest BCUT2D eigenvalue weighted by atomic mass is 10.1. The van der Waals surface area contributed by atoms with E-state index >= 15 is 0 Å². The molecule has 0 N–H and O–H groups in total. The number of aryl methyl sites for hydroxylation is 2. The van der Waals surface area contributed by atoms with Gasteiger partial charge in [0.2, 0.25) is 0 Å². The normalized spacial score (nSPS) is 10.9. The van der Waals surface area contributed by atoms with Gasteiger partial charge in [0.05, 0.1) is 0 Å². The van der Waals surface area contributed by atoms with Crippen molar-refractivity contribution in [1.29, 1.82) is 0 Å². The lowest BCUT2D eigenvalue weighted by molar-refractivity contribution is 1.18. The fourth-order valence-electron chi connectivity index (χ4n) is 2.12. The van der Waals surface area contributed by atoms with Crippen molar-refractivity contribution in [2.45, 2.75) is 13.8 Å². The van der Waals surface area contributed by atoms with Crippen LogP contribution in [0, 0.1) is 13.8 Å². The van der Waals surface area contributed by atoms with Gasteiger partial charge in [0.1, 0.15) is 0 Å². The molecule has 0 radical (unpaired) electrons. The Morgan fingerprint density at radius 3 is 2.29 bits per heavy atom. The van der Waals surface area contributed by atoms with Crippen molar-refractivity contribution in [3.63, 3.8) is 0 Å². The van der Waals surface area contributed by atoms with E-state index in [1.54, 1.807) is 0 Å². The van der Waals surface area contributed by atoms with Crippen molar-refractivity contribution >= 4 is 5.52 Å². The van der Waals surface area contributed by atoms with Crippen molar-refractivity contribution in [3.8, 4) is 11.1 Å². The predicted octanol–water partition coefficient (Wildman–Crippen LogP) is 4.22. The van der Waals surface area contributed by atoms with E-state index in [9.17, 15) is 0 Å². The molecule has 2 heterocycles. The first kappa shape index (κ1) is 10.2. The first-order chi connectivity index (χ1) is 8.22. The summed E-state index contributed by atoms with van der Waals surface area (Å²) in [7, 11) is 0. The van der Waals surface area contributed by atoms with Crippen molar-refractivity contribution in [2.75, 3.05) is 0 Å². The van der Waals surface area contributed by atoms with E-state index in [0.29, 0.717) is 0 Å². The third kappa shape index (κ3) is 1.84. The molecule has 0 atom stereocenters. The van der Waals surface area contributed by atoms with Crippen LogP contribution in [0.3, 0.4) is 0 Å². The summed E-state index contributed by atoms with van der Waals surface area (Å²) in [5.41, 5.74) is 6.40. The molecular weight excluding hydrogens is 206 g/mol. The molecule has 2 aromatic heterocycles. The Morgan fingerprint density at radius 1 is 0.765 bits per heavy atom. The first-order valence-electron chi connectivity index (χ1n) is 5.88. The third-order valence-electron chi connectivity index (χ3n) is 3.14. The van der Waals surface area contributed by atoms with E-state index in [-0.39, 0.29) is 0 Å². The second kappa shape index (κ2) is 3.77. The minimum absolute atomic E-state index is 1.25. The minimum atomic E-state index is 1.25. The van der Waals surface area contributed by atoms with Crippen LogP contribution in [0.5, 0.6) is 0 Å². The fourth-order valence-corrected chi connectivity index (χ4v) is 2.12. The molecule has 1 heteroatoms. The van der Waals surface area contributed by atoms with Crippen LogP contribution < -0.4 is 0 Å². The topological polar surface area (TPSA) is 4.41 Å². The monoisotopic (exact) mass is 221 g/mol. The maximum absolute atomic E-state index is 2.23. The van der Waals surface area contributed by atoms with Crippen molar-refractivity contribution in [2.24, 2.45) is 0 Å². The van der Waals surface area contributed by atoms with Crippen molar-refractivity contribution in [1.82, 2.24) is 4.40 Å². The van der Waals surface area contributed by atoms with Gasteiger partial charge in [0, 0.05) is 23.5 Å². The van der Waals surface area contributed by atoms with E-state index in [1.807, 2.05) is 0 Å². The molecule has 0 bridgehead atoms. The maximum atomic E-state index is 2.23. The Morgan fingerprint density at radius 2 is 1.53 bits per heavy atom. The van der Waals surface area contributed by atoms with E-state index in [2.05, 4.69) is 73.1 Å². The Balaban J connectivity index is 2.14. The standard InChI is InChI=1S/C16H15N/c1-12-3-5-14(6-4-12)15-10-16-9-13(2)7-8-17(16)11-15/h3-11H,1-2H3. The van der Waals surface area contributed by atoms with Gasteiger partial charge in [-0.15, -0.1) is 0 Å². The summed E-state index contributed by atoms with van der Waals surface area (Å²) in [5.74, 6) is 0. The number of aromatic nitrogens is 1. The summed E-state index contributed by atoms with van der Waals surface area (Å²) in [6.07, 6.45) is 4.29. The summed E-state index contributed by atoms with van der Waals surface area (Å²) in [5, 5.41) is 0. The van der Waals surface area contributed by atoms with Crippen molar-refractivity contribution in [3.05, 3.63) is 66.0 Å². The van der Waals surface area contributed by atoms with Crippen LogP contribution in [0.25, 0.3) is 16.6 Å². The highest BCUT2D eigenvalue weighted by molar-refractivity contribution is 5.70. The van der Waals surface area contributed by atoms with Crippen LogP contribution in [0.1, 0.15) is 11.1 Å². The minimum Gasteiger partial charge on any atom is -0.323 e. The highest BCUT2D eigenvalue weighted by Gasteiger charge is 2.02. The molecule has 17 heavy (non-hydrogen) atoms. The van der Waals surface area contributed by atoms with Gasteiger partial charge in [-0.25, -0.2) is 0 Å². The summed E-state index contributed by atoms with van der Waals surface area (Å²) in [6.45, 7) is 4.24. The molecular formula is C16H15N. The van der Waals surface area contributed by atoms with Gasteiger partial charge in [-0.2, -0.15) is 0 Å². The average molecular weight is 221 g/mol. The zero-order chi connectivity index (χ0) is 11.8. The molecule has 0 unspecified atom stereocenters. The number of benzene rings is 1. The van der Waals surface area contributed by atoms with Crippen LogP contribution in [0.4, 0.5) is 0 Å². The number of rotatable bonds is 1. The molecule has 3 rings (SSSR count). The van der Waals surface area contributed by atoms with Gasteiger partial charge in [-0.05, 0) is 43.2 Å². The SMILES string of the molecule is Cc1ccc(-c2cc3cc(C)ccn3c2)cc1. The van der Waals surface area contributed by atoms with Crippen LogP contribution in [-0.4, -0.2) is 4.40 Å². The number of pyridine rings is 1. The van der Waals surface area contributed by atoms with Crippen LogP contribution in [0.15, 0.2) is 54.9 Å². The quantitative estimate of drug-likeness (QED) is 0.579. The molecule has 1 aromatic carbocycles. The zero-order valence-corrected chi connectivity index (χ0v) is 10.1. The van der Waals surface area contributed by atoms with E-state index in [4.69, 9.17) is 0 Å². The third-order valence-corrected chi connectivity index (χ3v) is 3.14. The van der Waals surface area contributed by atoms with Crippen LogP contribution in [0.2, 0.25) is 0 Å². The lowest BCUT2D eigenvalue weighted by Gasteiger charge is -1.97. The second-order valence-electron chi connectivity index (χ2n) is 4.63. The van der Waals surface area contributed by atoms with Crippen LogP contribution >= 0.6 is 0 Å². The molecule has 0 saturated carbocycles. The highest BCUT2D eigenvalue weighted by Crippen LogP contribution is 2.23. The maximum Gasteiger partial charge on any atom is 0.0458 e.